The molecule has 3 N–H and O–H groups in total. The topological polar surface area (TPSA) is 67.7 Å². The van der Waals surface area contributed by atoms with E-state index in [0.717, 1.165) is 21.5 Å². The number of hydrogen-bond acceptors (Lipinski definition) is 2. The summed E-state index contributed by atoms with van der Waals surface area (Å²) in [6.45, 7) is 3.78. The number of nitrogens with one attached hydrogen (secondary N) is 1. The quantitative estimate of drug-likeness (QED) is 0.657. The lowest BCUT2D eigenvalue weighted by Crippen LogP contribution is -2.12. The van der Waals surface area contributed by atoms with Gasteiger partial charge < -0.3 is 5.73 Å². The molecule has 0 saturated carbocycles. The van der Waals surface area contributed by atoms with Crippen LogP contribution in [0, 0.1) is 19.3 Å². The Balaban J connectivity index is 2.55. The molecule has 2 rings (SSSR count). The van der Waals surface area contributed by atoms with E-state index >= 15 is 0 Å². The molecule has 18 heavy (non-hydrogen) atoms. The van der Waals surface area contributed by atoms with E-state index in [2.05, 4.69) is 21.0 Å². The Bertz CT molecular complexity index is 633. The highest BCUT2D eigenvalue weighted by Gasteiger charge is 2.12. The van der Waals surface area contributed by atoms with Crippen molar-refractivity contribution >= 4 is 33.4 Å². The molecule has 0 aliphatic heterocycles. The molecule has 0 amide bonds. The summed E-state index contributed by atoms with van der Waals surface area (Å²) in [6.07, 6.45) is 0. The van der Waals surface area contributed by atoms with Gasteiger partial charge in [0.25, 0.3) is 0 Å². The van der Waals surface area contributed by atoms with Gasteiger partial charge in [-0.1, -0.05) is 11.6 Å². The average molecular weight is 328 g/mol. The van der Waals surface area contributed by atoms with Gasteiger partial charge in [0.05, 0.1) is 22.1 Å². The van der Waals surface area contributed by atoms with Crippen molar-refractivity contribution in [3.8, 4) is 5.69 Å². The molecule has 1 aromatic heterocycles. The third-order valence-corrected chi connectivity index (χ3v) is 3.89. The zero-order valence-corrected chi connectivity index (χ0v) is 12.3. The number of nitrogens with zero attached hydrogens (tertiary/aromatic N) is 2. The predicted molar refractivity (Wildman–Crippen MR) is 76.8 cm³/mol. The highest BCUT2D eigenvalue weighted by molar-refractivity contribution is 9.10. The minimum atomic E-state index is 0.0276. The molecule has 0 unspecified atom stereocenters. The number of aryl methyl sites for hydroxylation is 1. The Morgan fingerprint density at radius 2 is 2.11 bits per heavy atom. The summed E-state index contributed by atoms with van der Waals surface area (Å²) < 4.78 is 2.53. The number of rotatable bonds is 2. The number of amidine groups is 1. The summed E-state index contributed by atoms with van der Waals surface area (Å²) in [5.41, 5.74) is 8.68. The molecule has 0 aliphatic carbocycles. The second-order valence-corrected chi connectivity index (χ2v) is 5.21. The lowest BCUT2D eigenvalue weighted by molar-refractivity contribution is 0.833. The molecule has 0 aliphatic rings. The third-order valence-electron chi connectivity index (χ3n) is 2.69. The van der Waals surface area contributed by atoms with Gasteiger partial charge in [0.1, 0.15) is 5.84 Å². The van der Waals surface area contributed by atoms with Crippen molar-refractivity contribution in [2.45, 2.75) is 13.8 Å². The summed E-state index contributed by atoms with van der Waals surface area (Å²) >= 11 is 9.52. The van der Waals surface area contributed by atoms with Gasteiger partial charge in [0.15, 0.2) is 0 Å². The monoisotopic (exact) mass is 326 g/mol. The van der Waals surface area contributed by atoms with Gasteiger partial charge in [-0.15, -0.1) is 0 Å². The molecule has 94 valence electrons. The van der Waals surface area contributed by atoms with Crippen molar-refractivity contribution in [3.05, 3.63) is 44.6 Å². The molecule has 0 spiro atoms. The van der Waals surface area contributed by atoms with Crippen LogP contribution in [0.1, 0.15) is 17.0 Å². The van der Waals surface area contributed by atoms with Crippen molar-refractivity contribution in [2.75, 3.05) is 0 Å². The predicted octanol–water partition coefficient (Wildman–Crippen LogP) is 3.19. The number of benzene rings is 1. The van der Waals surface area contributed by atoms with Crippen LogP contribution in [-0.4, -0.2) is 15.6 Å². The summed E-state index contributed by atoms with van der Waals surface area (Å²) in [5, 5.41) is 12.5. The maximum Gasteiger partial charge on any atom is 0.123 e. The van der Waals surface area contributed by atoms with E-state index in [1.807, 2.05) is 26.0 Å². The standard InChI is InChI=1S/C12H12BrClN4/c1-6-11(14)7(2)18(17-6)8-3-4-9(12(15)16)10(13)5-8/h3-5H,1-2H3,(H3,15,16). The molecule has 6 heteroatoms. The van der Waals surface area contributed by atoms with E-state index in [9.17, 15) is 0 Å². The first-order valence-electron chi connectivity index (χ1n) is 5.28. The van der Waals surface area contributed by atoms with Gasteiger partial charge in [-0.25, -0.2) is 4.68 Å². The van der Waals surface area contributed by atoms with Crippen LogP contribution in [0.2, 0.25) is 5.02 Å². The molecule has 0 fully saturated rings. The molecule has 1 heterocycles. The Morgan fingerprint density at radius 1 is 1.44 bits per heavy atom. The van der Waals surface area contributed by atoms with Gasteiger partial charge in [-0.05, 0) is 48.0 Å². The Labute approximate surface area is 118 Å². The van der Waals surface area contributed by atoms with Crippen LogP contribution in [0.25, 0.3) is 5.69 Å². The molecule has 4 nitrogen and oxygen atoms in total. The van der Waals surface area contributed by atoms with Crippen molar-refractivity contribution in [2.24, 2.45) is 5.73 Å². The first kappa shape index (κ1) is 13.1. The minimum absolute atomic E-state index is 0.0276. The molecule has 0 radical (unpaired) electrons. The zero-order valence-electron chi connectivity index (χ0n) is 9.96. The Hall–Kier alpha value is -1.33. The van der Waals surface area contributed by atoms with Gasteiger partial charge in [-0.2, -0.15) is 5.10 Å². The summed E-state index contributed by atoms with van der Waals surface area (Å²) in [5.74, 6) is 0.0276. The highest BCUT2D eigenvalue weighted by Crippen LogP contribution is 2.25. The fourth-order valence-corrected chi connectivity index (χ4v) is 2.43. The second kappa shape index (κ2) is 4.74. The number of halogens is 2. The van der Waals surface area contributed by atoms with E-state index in [1.54, 1.807) is 10.7 Å². The smallest absolute Gasteiger partial charge is 0.123 e. The van der Waals surface area contributed by atoms with E-state index in [1.165, 1.54) is 0 Å². The molecule has 0 atom stereocenters. The molecule has 1 aromatic carbocycles. The minimum Gasteiger partial charge on any atom is -0.384 e. The molecule has 2 aromatic rings. The van der Waals surface area contributed by atoms with Gasteiger partial charge in [0, 0.05) is 10.0 Å². The Kier molecular flexibility index (Phi) is 3.45. The zero-order chi connectivity index (χ0) is 13.4. The number of nitrogens with two attached hydrogens (primary N) is 1. The molecule has 0 bridgehead atoms. The second-order valence-electron chi connectivity index (χ2n) is 3.97. The maximum atomic E-state index is 7.44. The SMILES string of the molecule is Cc1nn(-c2ccc(C(=N)N)c(Br)c2)c(C)c1Cl. The largest absolute Gasteiger partial charge is 0.384 e. The molecular weight excluding hydrogens is 316 g/mol. The summed E-state index contributed by atoms with van der Waals surface area (Å²) in [7, 11) is 0. The van der Waals surface area contributed by atoms with Crippen molar-refractivity contribution in [1.82, 2.24) is 9.78 Å². The molecule has 0 saturated heterocycles. The van der Waals surface area contributed by atoms with E-state index in [0.29, 0.717) is 10.6 Å². The van der Waals surface area contributed by atoms with Crippen LogP contribution in [0.15, 0.2) is 22.7 Å². The first-order valence-corrected chi connectivity index (χ1v) is 6.45. The van der Waals surface area contributed by atoms with E-state index in [4.69, 9.17) is 22.7 Å². The fourth-order valence-electron chi connectivity index (χ4n) is 1.73. The van der Waals surface area contributed by atoms with E-state index in [-0.39, 0.29) is 5.84 Å². The van der Waals surface area contributed by atoms with Crippen molar-refractivity contribution in [1.29, 1.82) is 5.41 Å². The number of nitrogen functional groups attached to an aromatic ring is 1. The van der Waals surface area contributed by atoms with Crippen LogP contribution < -0.4 is 5.73 Å². The normalized spacial score (nSPS) is 10.7. The van der Waals surface area contributed by atoms with E-state index < -0.39 is 0 Å². The van der Waals surface area contributed by atoms with Gasteiger partial charge >= 0.3 is 0 Å². The third kappa shape index (κ3) is 2.15. The molecular formula is C12H12BrClN4. The maximum absolute atomic E-state index is 7.44. The first-order chi connectivity index (χ1) is 8.41. The average Bonchev–Trinajstić information content (AvgIpc) is 2.56. The van der Waals surface area contributed by atoms with Crippen LogP contribution in [0.5, 0.6) is 0 Å². The lowest BCUT2D eigenvalue weighted by Gasteiger charge is -2.08. The lowest BCUT2D eigenvalue weighted by atomic mass is 10.2. The van der Waals surface area contributed by atoms with Crippen LogP contribution in [0.3, 0.4) is 0 Å². The van der Waals surface area contributed by atoms with Gasteiger partial charge in [-0.3, -0.25) is 5.41 Å². The van der Waals surface area contributed by atoms with Crippen LogP contribution in [-0.2, 0) is 0 Å². The number of hydrogen-bond donors (Lipinski definition) is 2. The number of aromatic nitrogens is 2. The summed E-state index contributed by atoms with van der Waals surface area (Å²) in [6, 6.07) is 5.51. The fraction of sp³-hybridized carbons (Fsp3) is 0.167. The van der Waals surface area contributed by atoms with Crippen molar-refractivity contribution < 1.29 is 0 Å². The van der Waals surface area contributed by atoms with Crippen LogP contribution in [0.4, 0.5) is 0 Å². The summed E-state index contributed by atoms with van der Waals surface area (Å²) in [4.78, 5) is 0. The van der Waals surface area contributed by atoms with Crippen molar-refractivity contribution in [3.63, 3.8) is 0 Å². The van der Waals surface area contributed by atoms with Crippen LogP contribution >= 0.6 is 27.5 Å². The Morgan fingerprint density at radius 3 is 2.56 bits per heavy atom. The highest BCUT2D eigenvalue weighted by atomic mass is 79.9. The van der Waals surface area contributed by atoms with Gasteiger partial charge in [0.2, 0.25) is 0 Å².